The Morgan fingerprint density at radius 2 is 2.00 bits per heavy atom. The number of ether oxygens (including phenoxy) is 1. The van der Waals surface area contributed by atoms with Gasteiger partial charge in [0.2, 0.25) is 5.91 Å². The molecule has 0 rings (SSSR count). The molecule has 6 nitrogen and oxygen atoms in total. The van der Waals surface area contributed by atoms with Crippen LogP contribution in [0.3, 0.4) is 0 Å². The van der Waals surface area contributed by atoms with E-state index in [1.54, 1.807) is 0 Å². The number of carboxylic acid groups (broad SMARTS) is 1. The Kier molecular flexibility index (Phi) is 4.50. The molecule has 0 radical (unpaired) electrons. The van der Waals surface area contributed by atoms with Gasteiger partial charge in [0.15, 0.2) is 0 Å². The number of hydrogen-bond donors (Lipinski definition) is 2. The second-order valence-corrected chi connectivity index (χ2v) is 2.37. The third-order valence-electron chi connectivity index (χ3n) is 1.27. The van der Waals surface area contributed by atoms with Crippen LogP contribution in [0.5, 0.6) is 0 Å². The van der Waals surface area contributed by atoms with Crippen LogP contribution in [0.25, 0.3) is 0 Å². The fourth-order valence-electron chi connectivity index (χ4n) is 0.695. The fourth-order valence-corrected chi connectivity index (χ4v) is 0.695. The lowest BCUT2D eigenvalue weighted by Gasteiger charge is -2.10. The van der Waals surface area contributed by atoms with Gasteiger partial charge in [-0.1, -0.05) is 0 Å². The van der Waals surface area contributed by atoms with Gasteiger partial charge in [0.05, 0.1) is 13.5 Å². The summed E-state index contributed by atoms with van der Waals surface area (Å²) in [6, 6.07) is -1.22. The van der Waals surface area contributed by atoms with Crippen molar-refractivity contribution in [3.8, 4) is 0 Å². The summed E-state index contributed by atoms with van der Waals surface area (Å²) in [6.07, 6.45) is -0.370. The zero-order chi connectivity index (χ0) is 10.4. The number of methoxy groups -OCH3 is 1. The van der Waals surface area contributed by atoms with Gasteiger partial charge in [-0.3, -0.25) is 9.59 Å². The van der Waals surface area contributed by atoms with Gasteiger partial charge < -0.3 is 15.2 Å². The largest absolute Gasteiger partial charge is 0.480 e. The summed E-state index contributed by atoms with van der Waals surface area (Å²) < 4.78 is 4.26. The molecule has 0 spiro atoms. The number of rotatable bonds is 4. The first-order chi connectivity index (χ1) is 5.97. The molecule has 13 heavy (non-hydrogen) atoms. The van der Waals surface area contributed by atoms with Gasteiger partial charge in [-0.15, -0.1) is 0 Å². The molecule has 0 heterocycles. The van der Waals surface area contributed by atoms with E-state index in [0.29, 0.717) is 0 Å². The maximum absolute atomic E-state index is 10.7. The van der Waals surface area contributed by atoms with Crippen LogP contribution < -0.4 is 5.32 Å². The van der Waals surface area contributed by atoms with Crippen molar-refractivity contribution in [1.29, 1.82) is 0 Å². The molecule has 6 heteroatoms. The lowest BCUT2D eigenvalue weighted by molar-refractivity contribution is -0.148. The monoisotopic (exact) mass is 189 g/mol. The molecule has 1 amide bonds. The minimum Gasteiger partial charge on any atom is -0.480 e. The predicted molar refractivity (Wildman–Crippen MR) is 41.9 cm³/mol. The summed E-state index contributed by atoms with van der Waals surface area (Å²) in [5, 5.41) is 10.6. The Balaban J connectivity index is 4.18. The van der Waals surface area contributed by atoms with Crippen molar-refractivity contribution in [2.45, 2.75) is 19.4 Å². The molecule has 2 N–H and O–H groups in total. The quantitative estimate of drug-likeness (QED) is 0.561. The van der Waals surface area contributed by atoms with Gasteiger partial charge in [-0.2, -0.15) is 0 Å². The summed E-state index contributed by atoms with van der Waals surface area (Å²) in [4.78, 5) is 31.6. The van der Waals surface area contributed by atoms with Crippen LogP contribution in [0.15, 0.2) is 0 Å². The molecule has 1 atom stereocenters. The highest BCUT2D eigenvalue weighted by Gasteiger charge is 2.21. The van der Waals surface area contributed by atoms with Crippen molar-refractivity contribution < 1.29 is 24.2 Å². The van der Waals surface area contributed by atoms with Crippen LogP contribution in [0, 0.1) is 0 Å². The second kappa shape index (κ2) is 5.13. The van der Waals surface area contributed by atoms with Crippen LogP contribution in [0.2, 0.25) is 0 Å². The third kappa shape index (κ3) is 4.78. The van der Waals surface area contributed by atoms with Crippen molar-refractivity contribution in [1.82, 2.24) is 5.32 Å². The number of hydrogen-bond acceptors (Lipinski definition) is 4. The molecular formula is C7H11NO5. The first-order valence-electron chi connectivity index (χ1n) is 3.54. The average Bonchev–Trinajstić information content (AvgIpc) is 2.02. The molecule has 0 aromatic heterocycles. The fraction of sp³-hybridized carbons (Fsp3) is 0.571. The Labute approximate surface area is 74.9 Å². The Bertz CT molecular complexity index is 225. The number of aliphatic carboxylic acids is 1. The minimum atomic E-state index is -1.26. The average molecular weight is 189 g/mol. The summed E-state index contributed by atoms with van der Waals surface area (Å²) in [5.41, 5.74) is 0. The summed E-state index contributed by atoms with van der Waals surface area (Å²) >= 11 is 0. The molecule has 0 fully saturated rings. The molecule has 0 saturated carbocycles. The van der Waals surface area contributed by atoms with Crippen molar-refractivity contribution in [2.75, 3.05) is 7.11 Å². The van der Waals surface area contributed by atoms with Gasteiger partial charge in [0.1, 0.15) is 6.04 Å². The van der Waals surface area contributed by atoms with Crippen molar-refractivity contribution in [3.63, 3.8) is 0 Å². The molecular weight excluding hydrogens is 178 g/mol. The van der Waals surface area contributed by atoms with Crippen molar-refractivity contribution in [3.05, 3.63) is 0 Å². The molecule has 0 aliphatic carbocycles. The molecule has 0 aromatic carbocycles. The first-order valence-corrected chi connectivity index (χ1v) is 3.54. The van der Waals surface area contributed by atoms with E-state index in [1.165, 1.54) is 6.92 Å². The summed E-state index contributed by atoms with van der Waals surface area (Å²) in [7, 11) is 1.15. The van der Waals surface area contributed by atoms with Gasteiger partial charge in [0.25, 0.3) is 0 Å². The Morgan fingerprint density at radius 1 is 1.46 bits per heavy atom. The zero-order valence-corrected chi connectivity index (χ0v) is 7.36. The summed E-state index contributed by atoms with van der Waals surface area (Å²) in [6.45, 7) is 1.17. The lowest BCUT2D eigenvalue weighted by Crippen LogP contribution is -2.41. The van der Waals surface area contributed by atoms with E-state index in [-0.39, 0.29) is 6.42 Å². The Hall–Kier alpha value is -1.59. The first kappa shape index (κ1) is 11.4. The van der Waals surface area contributed by atoms with Crippen LogP contribution in [-0.4, -0.2) is 36.1 Å². The molecule has 0 aromatic rings. The van der Waals surface area contributed by atoms with E-state index < -0.39 is 23.9 Å². The number of carbonyl (C=O) groups is 3. The highest BCUT2D eigenvalue weighted by molar-refractivity contribution is 5.86. The minimum absolute atomic E-state index is 0.370. The van der Waals surface area contributed by atoms with Crippen LogP contribution in [0.1, 0.15) is 13.3 Å². The van der Waals surface area contributed by atoms with Crippen LogP contribution in [0.4, 0.5) is 0 Å². The third-order valence-corrected chi connectivity index (χ3v) is 1.27. The van der Waals surface area contributed by atoms with Gasteiger partial charge in [-0.05, 0) is 0 Å². The van der Waals surface area contributed by atoms with Gasteiger partial charge >= 0.3 is 11.9 Å². The lowest BCUT2D eigenvalue weighted by atomic mass is 10.2. The van der Waals surface area contributed by atoms with E-state index >= 15 is 0 Å². The highest BCUT2D eigenvalue weighted by atomic mass is 16.5. The molecule has 0 aliphatic heterocycles. The zero-order valence-electron chi connectivity index (χ0n) is 7.36. The number of carbonyl (C=O) groups excluding carboxylic acids is 2. The van der Waals surface area contributed by atoms with E-state index in [0.717, 1.165) is 7.11 Å². The van der Waals surface area contributed by atoms with Crippen LogP contribution in [-0.2, 0) is 19.1 Å². The molecule has 0 unspecified atom stereocenters. The standard InChI is InChI=1S/C7H11NO5/c1-4(9)8-5(7(11)12)3-6(10)13-2/h5H,3H2,1-2H3,(H,8,9)(H,11,12)/t5-/m1/s1. The number of amides is 1. The normalized spacial score (nSPS) is 11.5. The number of carboxylic acids is 1. The SMILES string of the molecule is COC(=O)C[C@@H](NC(C)=O)C(=O)O. The topological polar surface area (TPSA) is 92.7 Å². The maximum atomic E-state index is 10.7. The molecule has 0 saturated heterocycles. The van der Waals surface area contributed by atoms with E-state index in [1.807, 2.05) is 0 Å². The smallest absolute Gasteiger partial charge is 0.326 e. The maximum Gasteiger partial charge on any atom is 0.326 e. The predicted octanol–water partition coefficient (Wildman–Crippen LogP) is -0.861. The van der Waals surface area contributed by atoms with Gasteiger partial charge in [0, 0.05) is 6.92 Å². The highest BCUT2D eigenvalue weighted by Crippen LogP contribution is 1.94. The Morgan fingerprint density at radius 3 is 2.31 bits per heavy atom. The molecule has 0 aliphatic rings. The molecule has 74 valence electrons. The molecule has 0 bridgehead atoms. The van der Waals surface area contributed by atoms with E-state index in [2.05, 4.69) is 10.1 Å². The summed E-state index contributed by atoms with van der Waals surface area (Å²) in [5.74, 6) is -2.45. The van der Waals surface area contributed by atoms with Crippen LogP contribution >= 0.6 is 0 Å². The van der Waals surface area contributed by atoms with E-state index in [9.17, 15) is 14.4 Å². The van der Waals surface area contributed by atoms with Gasteiger partial charge in [-0.25, -0.2) is 4.79 Å². The number of nitrogens with one attached hydrogen (secondary N) is 1. The second-order valence-electron chi connectivity index (χ2n) is 2.37. The number of esters is 1. The van der Waals surface area contributed by atoms with E-state index in [4.69, 9.17) is 5.11 Å². The van der Waals surface area contributed by atoms with Crippen molar-refractivity contribution >= 4 is 17.8 Å². The van der Waals surface area contributed by atoms with Crippen molar-refractivity contribution in [2.24, 2.45) is 0 Å².